The minimum Gasteiger partial charge on any atom is -0.307 e. The van der Waals surface area contributed by atoms with Crippen LogP contribution in [0.4, 0.5) is 0 Å². The van der Waals surface area contributed by atoms with E-state index in [0.717, 1.165) is 30.8 Å². The summed E-state index contributed by atoms with van der Waals surface area (Å²) in [4.78, 5) is 15.6. The van der Waals surface area contributed by atoms with Crippen molar-refractivity contribution in [2.75, 3.05) is 25.6 Å². The van der Waals surface area contributed by atoms with Crippen LogP contribution in [0, 0.1) is 11.3 Å². The van der Waals surface area contributed by atoms with Gasteiger partial charge in [0.2, 0.25) is 10.6 Å². The Morgan fingerprint density at radius 2 is 1.75 bits per heavy atom. The molecule has 0 aromatic rings. The Balaban J connectivity index is 2.09. The van der Waals surface area contributed by atoms with Crippen LogP contribution in [0.15, 0.2) is 0 Å². The summed E-state index contributed by atoms with van der Waals surface area (Å²) in [6, 6.07) is 3.15. The first-order valence-corrected chi connectivity index (χ1v) is 9.19. The van der Waals surface area contributed by atoms with E-state index < -0.39 is 4.20 Å². The fourth-order valence-corrected chi connectivity index (χ4v) is 6.20. The van der Waals surface area contributed by atoms with Crippen LogP contribution in [0.3, 0.4) is 0 Å². The van der Waals surface area contributed by atoms with Crippen molar-refractivity contribution in [1.82, 2.24) is 9.80 Å². The summed E-state index contributed by atoms with van der Waals surface area (Å²) in [7, 11) is 4.15. The number of carbonyl (C=O) groups is 1. The van der Waals surface area contributed by atoms with Crippen molar-refractivity contribution in [3.05, 3.63) is 0 Å². The number of thioether (sulfide) groups is 2. The van der Waals surface area contributed by atoms with Gasteiger partial charge in [0, 0.05) is 23.6 Å². The zero-order valence-corrected chi connectivity index (χ0v) is 13.9. The molecule has 6 heteroatoms. The smallest absolute Gasteiger partial charge is 0.224 e. The van der Waals surface area contributed by atoms with Gasteiger partial charge in [-0.15, -0.1) is 23.5 Å². The molecule has 1 amide bonds. The number of hydrogen-bond donors (Lipinski definition) is 0. The second-order valence-corrected chi connectivity index (χ2v) is 8.42. The van der Waals surface area contributed by atoms with Gasteiger partial charge in [-0.2, -0.15) is 5.26 Å². The lowest BCUT2D eigenvalue weighted by molar-refractivity contribution is -0.121. The Bertz CT molecular complexity index is 369. The normalized spacial score (nSPS) is 31.8. The van der Waals surface area contributed by atoms with Crippen molar-refractivity contribution >= 4 is 29.9 Å². The van der Waals surface area contributed by atoms with Crippen LogP contribution in [-0.2, 0) is 4.79 Å². The van der Waals surface area contributed by atoms with Gasteiger partial charge in [-0.05, 0) is 26.9 Å². The molecule has 0 aromatic heterocycles. The molecule has 112 valence electrons. The van der Waals surface area contributed by atoms with Gasteiger partial charge in [0.1, 0.15) is 6.07 Å². The molecule has 0 radical (unpaired) electrons. The number of nitriles is 1. The molecule has 0 unspecified atom stereocenters. The lowest BCUT2D eigenvalue weighted by Gasteiger charge is -2.45. The van der Waals surface area contributed by atoms with E-state index in [1.54, 1.807) is 23.5 Å². The SMILES string of the molecule is CN(C)C1CSC(C#N)(N(C=O)C2CCCCC2)SC1. The Morgan fingerprint density at radius 1 is 1.15 bits per heavy atom. The minimum atomic E-state index is -0.712. The number of hydrogen-bond acceptors (Lipinski definition) is 5. The molecule has 0 spiro atoms. The fourth-order valence-electron chi connectivity index (χ4n) is 2.83. The highest BCUT2D eigenvalue weighted by Crippen LogP contribution is 2.46. The summed E-state index contributed by atoms with van der Waals surface area (Å²) in [5.74, 6) is 1.81. The van der Waals surface area contributed by atoms with Gasteiger partial charge in [-0.3, -0.25) is 4.79 Å². The largest absolute Gasteiger partial charge is 0.307 e. The molecule has 1 aliphatic heterocycles. The standard InChI is InChI=1S/C14H23N3OS2/c1-16(2)13-8-19-14(10-15,20-9-13)17(11-18)12-6-4-3-5-7-12/h11-13H,3-9H2,1-2H3. The van der Waals surface area contributed by atoms with Crippen LogP contribution in [0.2, 0.25) is 0 Å². The summed E-state index contributed by atoms with van der Waals surface area (Å²) in [5.41, 5.74) is 0. The molecule has 1 saturated heterocycles. The Labute approximate surface area is 130 Å². The van der Waals surface area contributed by atoms with Crippen molar-refractivity contribution in [2.45, 2.75) is 48.4 Å². The van der Waals surface area contributed by atoms with Crippen LogP contribution in [-0.4, -0.2) is 58.1 Å². The first-order chi connectivity index (χ1) is 9.63. The van der Waals surface area contributed by atoms with Gasteiger partial charge in [0.05, 0.1) is 0 Å². The van der Waals surface area contributed by atoms with E-state index >= 15 is 0 Å². The van der Waals surface area contributed by atoms with Gasteiger partial charge >= 0.3 is 0 Å². The molecule has 20 heavy (non-hydrogen) atoms. The first-order valence-electron chi connectivity index (χ1n) is 7.22. The van der Waals surface area contributed by atoms with Crippen LogP contribution in [0.1, 0.15) is 32.1 Å². The van der Waals surface area contributed by atoms with E-state index in [2.05, 4.69) is 25.1 Å². The van der Waals surface area contributed by atoms with E-state index in [1.807, 2.05) is 4.90 Å². The van der Waals surface area contributed by atoms with E-state index in [0.29, 0.717) is 6.04 Å². The molecule has 1 saturated carbocycles. The van der Waals surface area contributed by atoms with E-state index in [-0.39, 0.29) is 6.04 Å². The van der Waals surface area contributed by atoms with Gasteiger partial charge in [-0.25, -0.2) is 0 Å². The summed E-state index contributed by atoms with van der Waals surface area (Å²) < 4.78 is -0.712. The van der Waals surface area contributed by atoms with Gasteiger partial charge in [-0.1, -0.05) is 19.3 Å². The lowest BCUT2D eigenvalue weighted by atomic mass is 9.94. The molecule has 2 aliphatic rings. The van der Waals surface area contributed by atoms with Crippen LogP contribution < -0.4 is 0 Å². The zero-order valence-electron chi connectivity index (χ0n) is 12.2. The summed E-state index contributed by atoms with van der Waals surface area (Å²) >= 11 is 3.26. The third-order valence-corrected chi connectivity index (χ3v) is 7.43. The van der Waals surface area contributed by atoms with Crippen LogP contribution in [0.25, 0.3) is 0 Å². The average molecular weight is 313 g/mol. The predicted octanol–water partition coefficient (Wildman–Crippen LogP) is 2.37. The third-order valence-electron chi connectivity index (χ3n) is 4.24. The fraction of sp³-hybridized carbons (Fsp3) is 0.857. The Morgan fingerprint density at radius 3 is 2.20 bits per heavy atom. The number of rotatable bonds is 4. The second-order valence-electron chi connectivity index (χ2n) is 5.74. The van der Waals surface area contributed by atoms with Crippen molar-refractivity contribution in [2.24, 2.45) is 0 Å². The zero-order chi connectivity index (χ0) is 14.6. The maximum atomic E-state index is 11.6. The molecule has 2 fully saturated rings. The highest BCUT2D eigenvalue weighted by molar-refractivity contribution is 8.19. The minimum absolute atomic E-state index is 0.247. The summed E-state index contributed by atoms with van der Waals surface area (Å²) in [6.45, 7) is 0. The lowest BCUT2D eigenvalue weighted by Crippen LogP contribution is -2.52. The molecule has 1 aliphatic carbocycles. The topological polar surface area (TPSA) is 47.3 Å². The van der Waals surface area contributed by atoms with Crippen LogP contribution in [0.5, 0.6) is 0 Å². The average Bonchev–Trinajstić information content (AvgIpc) is 2.49. The quantitative estimate of drug-likeness (QED) is 0.746. The maximum Gasteiger partial charge on any atom is 0.224 e. The molecule has 1 heterocycles. The van der Waals surface area contributed by atoms with E-state index in [1.165, 1.54) is 19.3 Å². The van der Waals surface area contributed by atoms with Crippen molar-refractivity contribution in [3.8, 4) is 6.07 Å². The first kappa shape index (κ1) is 16.0. The van der Waals surface area contributed by atoms with Gasteiger partial charge < -0.3 is 9.80 Å². The van der Waals surface area contributed by atoms with E-state index in [4.69, 9.17) is 0 Å². The molecule has 0 atom stereocenters. The monoisotopic (exact) mass is 313 g/mol. The van der Waals surface area contributed by atoms with Gasteiger partial charge in [0.15, 0.2) is 0 Å². The Hall–Kier alpha value is -0.380. The summed E-state index contributed by atoms with van der Waals surface area (Å²) in [6.07, 6.45) is 6.60. The molecule has 0 aromatic carbocycles. The van der Waals surface area contributed by atoms with Crippen molar-refractivity contribution in [1.29, 1.82) is 5.26 Å². The second kappa shape index (κ2) is 7.06. The van der Waals surface area contributed by atoms with Crippen LogP contribution >= 0.6 is 23.5 Å². The molecular formula is C14H23N3OS2. The number of amides is 1. The summed E-state index contributed by atoms with van der Waals surface area (Å²) in [5, 5.41) is 9.69. The van der Waals surface area contributed by atoms with Crippen molar-refractivity contribution < 1.29 is 4.79 Å². The number of carbonyl (C=O) groups excluding carboxylic acids is 1. The maximum absolute atomic E-state index is 11.6. The molecule has 0 N–H and O–H groups in total. The van der Waals surface area contributed by atoms with Gasteiger partial charge in [0.25, 0.3) is 0 Å². The highest BCUT2D eigenvalue weighted by atomic mass is 32.2. The Kier molecular flexibility index (Phi) is 5.65. The van der Waals surface area contributed by atoms with Crippen molar-refractivity contribution in [3.63, 3.8) is 0 Å². The highest BCUT2D eigenvalue weighted by Gasteiger charge is 2.45. The molecule has 4 nitrogen and oxygen atoms in total. The number of nitrogens with zero attached hydrogens (tertiary/aromatic N) is 3. The third kappa shape index (κ3) is 3.26. The predicted molar refractivity (Wildman–Crippen MR) is 85.5 cm³/mol. The molecular weight excluding hydrogens is 290 g/mol. The molecule has 0 bridgehead atoms. The van der Waals surface area contributed by atoms with E-state index in [9.17, 15) is 10.1 Å². The molecule has 2 rings (SSSR count).